The molecular weight excluding hydrogens is 208 g/mol. The number of hydrogen-bond acceptors (Lipinski definition) is 2. The summed E-state index contributed by atoms with van der Waals surface area (Å²) in [7, 11) is 0. The van der Waals surface area contributed by atoms with Crippen molar-refractivity contribution < 1.29 is 14.7 Å². The molecule has 5 nitrogen and oxygen atoms in total. The third-order valence-corrected chi connectivity index (χ3v) is 2.63. The van der Waals surface area contributed by atoms with Gasteiger partial charge in [-0.05, 0) is 40.0 Å². The summed E-state index contributed by atoms with van der Waals surface area (Å²) < 4.78 is 0. The second-order valence-corrected chi connectivity index (χ2v) is 5.40. The summed E-state index contributed by atoms with van der Waals surface area (Å²) in [5, 5.41) is 13.9. The lowest BCUT2D eigenvalue weighted by Gasteiger charge is -2.23. The normalized spacial score (nSPS) is 25.2. The number of amides is 2. The van der Waals surface area contributed by atoms with E-state index in [0.717, 1.165) is 12.8 Å². The lowest BCUT2D eigenvalue weighted by Crippen LogP contribution is -2.43. The van der Waals surface area contributed by atoms with Crippen LogP contribution in [0, 0.1) is 5.92 Å². The molecule has 0 aliphatic heterocycles. The zero-order valence-corrected chi connectivity index (χ0v) is 10.0. The van der Waals surface area contributed by atoms with Crippen molar-refractivity contribution in [2.75, 3.05) is 0 Å². The monoisotopic (exact) mass is 228 g/mol. The van der Waals surface area contributed by atoms with Crippen molar-refractivity contribution in [2.45, 2.75) is 51.6 Å². The number of carboxylic acid groups (broad SMARTS) is 1. The Morgan fingerprint density at radius 3 is 2.38 bits per heavy atom. The first-order valence-corrected chi connectivity index (χ1v) is 5.59. The zero-order chi connectivity index (χ0) is 12.3. The van der Waals surface area contributed by atoms with E-state index in [9.17, 15) is 9.59 Å². The van der Waals surface area contributed by atoms with Crippen LogP contribution in [0.4, 0.5) is 4.79 Å². The second-order valence-electron chi connectivity index (χ2n) is 5.40. The van der Waals surface area contributed by atoms with Crippen LogP contribution < -0.4 is 10.6 Å². The lowest BCUT2D eigenvalue weighted by atomic mass is 10.0. The first kappa shape index (κ1) is 12.8. The Kier molecular flexibility index (Phi) is 3.78. The highest BCUT2D eigenvalue weighted by molar-refractivity contribution is 5.79. The molecule has 0 bridgehead atoms. The number of nitrogens with one attached hydrogen (secondary N) is 2. The topological polar surface area (TPSA) is 78.4 Å². The average Bonchev–Trinajstić information content (AvgIpc) is 2.48. The van der Waals surface area contributed by atoms with Crippen LogP contribution in [-0.2, 0) is 4.79 Å². The van der Waals surface area contributed by atoms with E-state index in [1.807, 2.05) is 20.8 Å². The Bertz CT molecular complexity index is 283. The molecule has 3 N–H and O–H groups in total. The molecule has 1 fully saturated rings. The maximum absolute atomic E-state index is 11.8. The molecular formula is C11H20N2O3. The van der Waals surface area contributed by atoms with E-state index >= 15 is 0 Å². The number of rotatable bonds is 2. The first-order valence-electron chi connectivity index (χ1n) is 5.59. The molecule has 16 heavy (non-hydrogen) atoms. The summed E-state index contributed by atoms with van der Waals surface area (Å²) in [5.74, 6) is -0.0294. The Morgan fingerprint density at radius 1 is 1.25 bits per heavy atom. The molecule has 0 spiro atoms. The predicted molar refractivity (Wildman–Crippen MR) is 60.2 cm³/mol. The summed E-state index contributed by atoms with van der Waals surface area (Å²) in [4.78, 5) is 22.3. The minimum atomic E-state index is -1.01. The van der Waals surface area contributed by atoms with Crippen molar-refractivity contribution in [3.05, 3.63) is 0 Å². The zero-order valence-electron chi connectivity index (χ0n) is 10.0. The van der Waals surface area contributed by atoms with Crippen molar-refractivity contribution in [2.24, 2.45) is 5.92 Å². The molecule has 2 amide bonds. The molecule has 1 aliphatic rings. The molecule has 2 atom stereocenters. The summed E-state index contributed by atoms with van der Waals surface area (Å²) >= 11 is 0. The standard InChI is InChI=1S/C11H20N2O3/c1-11(2,3)13-9(14)7-4-5-8(6-7)12-10(15)16/h7-8,12H,4-6H2,1-3H3,(H,13,14)(H,15,16). The lowest BCUT2D eigenvalue weighted by molar-refractivity contribution is -0.126. The molecule has 2 unspecified atom stereocenters. The molecule has 0 heterocycles. The van der Waals surface area contributed by atoms with Crippen molar-refractivity contribution in [1.82, 2.24) is 10.6 Å². The third-order valence-electron chi connectivity index (χ3n) is 2.63. The SMILES string of the molecule is CC(C)(C)NC(=O)C1CCC(NC(=O)O)C1. The van der Waals surface area contributed by atoms with E-state index in [1.54, 1.807) is 0 Å². The molecule has 0 radical (unpaired) electrons. The molecule has 0 aromatic rings. The molecule has 5 heteroatoms. The molecule has 1 rings (SSSR count). The van der Waals surface area contributed by atoms with Gasteiger partial charge in [0.2, 0.25) is 5.91 Å². The highest BCUT2D eigenvalue weighted by Gasteiger charge is 2.32. The van der Waals surface area contributed by atoms with Gasteiger partial charge in [-0.2, -0.15) is 0 Å². The van der Waals surface area contributed by atoms with Gasteiger partial charge < -0.3 is 15.7 Å². The van der Waals surface area contributed by atoms with Gasteiger partial charge in [0.1, 0.15) is 0 Å². The number of hydrogen-bond donors (Lipinski definition) is 3. The summed E-state index contributed by atoms with van der Waals surface area (Å²) in [6, 6.07) is -0.0757. The molecule has 0 aromatic carbocycles. The Hall–Kier alpha value is -1.26. The van der Waals surface area contributed by atoms with Crippen molar-refractivity contribution in [3.63, 3.8) is 0 Å². The van der Waals surface area contributed by atoms with Gasteiger partial charge in [-0.15, -0.1) is 0 Å². The minimum Gasteiger partial charge on any atom is -0.465 e. The van der Waals surface area contributed by atoms with E-state index < -0.39 is 6.09 Å². The predicted octanol–water partition coefficient (Wildman–Crippen LogP) is 1.34. The maximum Gasteiger partial charge on any atom is 0.404 e. The van der Waals surface area contributed by atoms with Gasteiger partial charge in [0.05, 0.1) is 0 Å². The number of carbonyl (C=O) groups is 2. The van der Waals surface area contributed by atoms with Crippen LogP contribution in [0.2, 0.25) is 0 Å². The van der Waals surface area contributed by atoms with Gasteiger partial charge in [-0.3, -0.25) is 4.79 Å². The first-order chi connectivity index (χ1) is 7.28. The highest BCUT2D eigenvalue weighted by Crippen LogP contribution is 2.26. The van der Waals surface area contributed by atoms with Crippen LogP contribution in [0.15, 0.2) is 0 Å². The van der Waals surface area contributed by atoms with Gasteiger partial charge in [-0.1, -0.05) is 0 Å². The summed E-state index contributed by atoms with van der Waals surface area (Å²) in [6.45, 7) is 5.81. The van der Waals surface area contributed by atoms with Gasteiger partial charge in [0.25, 0.3) is 0 Å². The molecule has 1 saturated carbocycles. The molecule has 0 aromatic heterocycles. The minimum absolute atomic E-state index is 0.0298. The van der Waals surface area contributed by atoms with E-state index in [-0.39, 0.29) is 23.4 Å². The van der Waals surface area contributed by atoms with Crippen molar-refractivity contribution in [3.8, 4) is 0 Å². The van der Waals surface area contributed by atoms with E-state index in [0.29, 0.717) is 6.42 Å². The fourth-order valence-electron chi connectivity index (χ4n) is 2.00. The molecule has 0 saturated heterocycles. The highest BCUT2D eigenvalue weighted by atomic mass is 16.4. The Morgan fingerprint density at radius 2 is 1.88 bits per heavy atom. The van der Waals surface area contributed by atoms with Gasteiger partial charge in [0.15, 0.2) is 0 Å². The van der Waals surface area contributed by atoms with Crippen LogP contribution >= 0.6 is 0 Å². The third kappa shape index (κ3) is 4.08. The van der Waals surface area contributed by atoms with E-state index in [2.05, 4.69) is 10.6 Å². The maximum atomic E-state index is 11.8. The van der Waals surface area contributed by atoms with Crippen molar-refractivity contribution >= 4 is 12.0 Å². The fraction of sp³-hybridized carbons (Fsp3) is 0.818. The summed E-state index contributed by atoms with van der Waals surface area (Å²) in [5.41, 5.74) is -0.227. The molecule has 1 aliphatic carbocycles. The van der Waals surface area contributed by atoms with Gasteiger partial charge in [-0.25, -0.2) is 4.79 Å². The van der Waals surface area contributed by atoms with Crippen LogP contribution in [0.25, 0.3) is 0 Å². The summed E-state index contributed by atoms with van der Waals surface area (Å²) in [6.07, 6.45) is 1.09. The van der Waals surface area contributed by atoms with E-state index in [4.69, 9.17) is 5.11 Å². The largest absolute Gasteiger partial charge is 0.465 e. The number of carbonyl (C=O) groups excluding carboxylic acids is 1. The Labute approximate surface area is 95.6 Å². The quantitative estimate of drug-likeness (QED) is 0.667. The van der Waals surface area contributed by atoms with Crippen LogP contribution in [0.3, 0.4) is 0 Å². The van der Waals surface area contributed by atoms with Crippen LogP contribution in [-0.4, -0.2) is 28.7 Å². The Balaban J connectivity index is 2.41. The van der Waals surface area contributed by atoms with Gasteiger partial charge >= 0.3 is 6.09 Å². The smallest absolute Gasteiger partial charge is 0.404 e. The second kappa shape index (κ2) is 4.72. The van der Waals surface area contributed by atoms with Crippen LogP contribution in [0.1, 0.15) is 40.0 Å². The average molecular weight is 228 g/mol. The van der Waals surface area contributed by atoms with Crippen LogP contribution in [0.5, 0.6) is 0 Å². The van der Waals surface area contributed by atoms with E-state index in [1.165, 1.54) is 0 Å². The van der Waals surface area contributed by atoms with Gasteiger partial charge in [0, 0.05) is 17.5 Å². The molecule has 92 valence electrons. The fourth-order valence-corrected chi connectivity index (χ4v) is 2.00. The van der Waals surface area contributed by atoms with Crippen molar-refractivity contribution in [1.29, 1.82) is 0 Å².